The van der Waals surface area contributed by atoms with Crippen LogP contribution in [-0.4, -0.2) is 33.4 Å². The van der Waals surface area contributed by atoms with Gasteiger partial charge in [-0.05, 0) is 73.4 Å². The molecule has 6 heteroatoms. The molecule has 186 valence electrons. The second kappa shape index (κ2) is 15.2. The molecule has 0 saturated carbocycles. The molecule has 35 heavy (non-hydrogen) atoms. The molecule has 0 heterocycles. The minimum atomic E-state index is -0.315. The van der Waals surface area contributed by atoms with Crippen LogP contribution in [0, 0.1) is 11.3 Å². The zero-order valence-electron chi connectivity index (χ0n) is 21.0. The lowest BCUT2D eigenvalue weighted by Gasteiger charge is -2.11. The Kier molecular flexibility index (Phi) is 12.0. The number of carbonyl (C=O) groups is 1. The Hall–Kier alpha value is -3.72. The molecule has 0 aliphatic rings. The van der Waals surface area contributed by atoms with Gasteiger partial charge in [0.1, 0.15) is 5.75 Å². The van der Waals surface area contributed by atoms with Crippen LogP contribution >= 0.6 is 0 Å². The van der Waals surface area contributed by atoms with E-state index in [4.69, 9.17) is 18.9 Å². The highest BCUT2D eigenvalue weighted by molar-refractivity contribution is 5.90. The topological polar surface area (TPSA) is 77.8 Å². The molecular weight excluding hydrogens is 442 g/mol. The molecule has 2 aromatic carbocycles. The first-order valence-corrected chi connectivity index (χ1v) is 11.9. The van der Waals surface area contributed by atoms with Crippen LogP contribution in [0.5, 0.6) is 17.2 Å². The minimum absolute atomic E-state index is 0.315. The number of nitriles is 1. The van der Waals surface area contributed by atoms with Gasteiger partial charge in [0, 0.05) is 5.57 Å². The maximum absolute atomic E-state index is 11.3. The number of nitrogens with zero attached hydrogens (tertiary/aromatic N) is 1. The summed E-state index contributed by atoms with van der Waals surface area (Å²) in [5, 5.41) is 9.61. The van der Waals surface area contributed by atoms with Crippen LogP contribution in [0.25, 0.3) is 11.6 Å². The van der Waals surface area contributed by atoms with Crippen molar-refractivity contribution >= 4 is 17.6 Å². The fourth-order valence-corrected chi connectivity index (χ4v) is 3.39. The highest BCUT2D eigenvalue weighted by Crippen LogP contribution is 2.30. The number of unbranched alkanes of at least 4 members (excludes halogenated alkanes) is 5. The van der Waals surface area contributed by atoms with E-state index in [-0.39, 0.29) is 5.97 Å². The van der Waals surface area contributed by atoms with Crippen molar-refractivity contribution in [3.05, 3.63) is 65.7 Å². The van der Waals surface area contributed by atoms with Crippen LogP contribution in [0.15, 0.2) is 54.6 Å². The molecule has 0 unspecified atom stereocenters. The van der Waals surface area contributed by atoms with E-state index < -0.39 is 0 Å². The fraction of sp³-hybridized carbons (Fsp3) is 0.379. The van der Waals surface area contributed by atoms with Crippen LogP contribution < -0.4 is 14.2 Å². The summed E-state index contributed by atoms with van der Waals surface area (Å²) in [6.45, 7) is 6.28. The SMILES string of the molecule is C=C(C)C(=O)OCCCCCCCCOc1ccc(C=C(C#N)c2ccc(OC)cc2)cc1OC. The number of allylic oxidation sites excluding steroid dienone is 1. The van der Waals surface area contributed by atoms with E-state index in [0.717, 1.165) is 55.4 Å². The van der Waals surface area contributed by atoms with Gasteiger partial charge in [0.15, 0.2) is 11.5 Å². The second-order valence-corrected chi connectivity index (χ2v) is 8.19. The monoisotopic (exact) mass is 477 g/mol. The number of carbonyl (C=O) groups excluding carboxylic acids is 1. The van der Waals surface area contributed by atoms with Crippen LogP contribution in [0.2, 0.25) is 0 Å². The summed E-state index contributed by atoms with van der Waals surface area (Å²) in [6.07, 6.45) is 7.97. The van der Waals surface area contributed by atoms with Crippen molar-refractivity contribution in [3.8, 4) is 23.3 Å². The quantitative estimate of drug-likeness (QED) is 0.0945. The Labute approximate surface area is 208 Å². The summed E-state index contributed by atoms with van der Waals surface area (Å²) in [7, 11) is 3.22. The fourth-order valence-electron chi connectivity index (χ4n) is 3.39. The molecule has 0 radical (unpaired) electrons. The first kappa shape index (κ1) is 27.5. The number of hydrogen-bond donors (Lipinski definition) is 0. The van der Waals surface area contributed by atoms with Crippen LogP contribution in [0.4, 0.5) is 0 Å². The smallest absolute Gasteiger partial charge is 0.333 e. The molecule has 0 aliphatic heterocycles. The minimum Gasteiger partial charge on any atom is -0.497 e. The summed E-state index contributed by atoms with van der Waals surface area (Å²) < 4.78 is 21.7. The van der Waals surface area contributed by atoms with Crippen molar-refractivity contribution in [2.75, 3.05) is 27.4 Å². The van der Waals surface area contributed by atoms with Crippen molar-refractivity contribution < 1.29 is 23.7 Å². The molecule has 0 spiro atoms. The average molecular weight is 478 g/mol. The molecular formula is C29H35NO5. The van der Waals surface area contributed by atoms with Crippen molar-refractivity contribution in [2.24, 2.45) is 0 Å². The van der Waals surface area contributed by atoms with Gasteiger partial charge < -0.3 is 18.9 Å². The van der Waals surface area contributed by atoms with Gasteiger partial charge in [0.25, 0.3) is 0 Å². The Bertz CT molecular complexity index is 1030. The van der Waals surface area contributed by atoms with Gasteiger partial charge in [-0.2, -0.15) is 5.26 Å². The molecule has 6 nitrogen and oxygen atoms in total. The molecule has 0 amide bonds. The van der Waals surface area contributed by atoms with Gasteiger partial charge in [-0.3, -0.25) is 0 Å². The van der Waals surface area contributed by atoms with E-state index in [1.54, 1.807) is 21.1 Å². The largest absolute Gasteiger partial charge is 0.497 e. The summed E-state index contributed by atoms with van der Waals surface area (Å²) in [6, 6.07) is 15.3. The van der Waals surface area contributed by atoms with Crippen molar-refractivity contribution in [1.82, 2.24) is 0 Å². The molecule has 0 aromatic heterocycles. The lowest BCUT2D eigenvalue weighted by molar-refractivity contribution is -0.139. The third-order valence-corrected chi connectivity index (χ3v) is 5.40. The summed E-state index contributed by atoms with van der Waals surface area (Å²) in [5.41, 5.74) is 2.67. The third-order valence-electron chi connectivity index (χ3n) is 5.40. The predicted octanol–water partition coefficient (Wildman–Crippen LogP) is 6.61. The van der Waals surface area contributed by atoms with Crippen molar-refractivity contribution in [3.63, 3.8) is 0 Å². The standard InChI is InChI=1S/C29H35NO5/c1-22(2)29(31)35-18-10-8-6-5-7-9-17-34-27-16-11-23(20-28(27)33-4)19-25(21-30)24-12-14-26(32-3)15-13-24/h11-16,19-20H,1,5-10,17-18H2,2-4H3. The zero-order chi connectivity index (χ0) is 25.5. The lowest BCUT2D eigenvalue weighted by Crippen LogP contribution is -2.06. The second-order valence-electron chi connectivity index (χ2n) is 8.19. The first-order valence-electron chi connectivity index (χ1n) is 11.9. The Morgan fingerprint density at radius 3 is 2.17 bits per heavy atom. The molecule has 0 bridgehead atoms. The van der Waals surface area contributed by atoms with Gasteiger partial charge in [-0.1, -0.05) is 38.3 Å². The molecule has 0 fully saturated rings. The number of benzene rings is 2. The zero-order valence-corrected chi connectivity index (χ0v) is 21.0. The number of ether oxygens (including phenoxy) is 4. The molecule has 0 atom stereocenters. The van der Waals surface area contributed by atoms with E-state index in [2.05, 4.69) is 12.6 Å². The average Bonchev–Trinajstić information content (AvgIpc) is 2.88. The first-order chi connectivity index (χ1) is 17.0. The lowest BCUT2D eigenvalue weighted by atomic mass is 10.0. The van der Waals surface area contributed by atoms with Gasteiger partial charge in [0.05, 0.1) is 39.1 Å². The predicted molar refractivity (Wildman–Crippen MR) is 138 cm³/mol. The number of rotatable bonds is 15. The van der Waals surface area contributed by atoms with E-state index in [1.165, 1.54) is 0 Å². The van der Waals surface area contributed by atoms with Gasteiger partial charge in [0.2, 0.25) is 0 Å². The molecule has 2 rings (SSSR count). The Morgan fingerprint density at radius 2 is 1.57 bits per heavy atom. The van der Waals surface area contributed by atoms with E-state index in [0.29, 0.717) is 35.9 Å². The highest BCUT2D eigenvalue weighted by atomic mass is 16.5. The summed E-state index contributed by atoms with van der Waals surface area (Å²) in [4.78, 5) is 11.3. The number of hydrogen-bond acceptors (Lipinski definition) is 6. The molecule has 0 aliphatic carbocycles. The normalized spacial score (nSPS) is 10.9. The Morgan fingerprint density at radius 1 is 0.914 bits per heavy atom. The van der Waals surface area contributed by atoms with E-state index >= 15 is 0 Å². The van der Waals surface area contributed by atoms with Crippen LogP contribution in [0.1, 0.15) is 56.6 Å². The summed E-state index contributed by atoms with van der Waals surface area (Å²) >= 11 is 0. The number of esters is 1. The summed E-state index contributed by atoms with van der Waals surface area (Å²) in [5.74, 6) is 1.75. The van der Waals surface area contributed by atoms with E-state index in [1.807, 2.05) is 48.5 Å². The van der Waals surface area contributed by atoms with Gasteiger partial charge >= 0.3 is 5.97 Å². The maximum Gasteiger partial charge on any atom is 0.333 e. The number of methoxy groups -OCH3 is 2. The van der Waals surface area contributed by atoms with Crippen LogP contribution in [-0.2, 0) is 9.53 Å². The van der Waals surface area contributed by atoms with Crippen LogP contribution in [0.3, 0.4) is 0 Å². The van der Waals surface area contributed by atoms with Crippen molar-refractivity contribution in [1.29, 1.82) is 5.26 Å². The molecule has 0 N–H and O–H groups in total. The maximum atomic E-state index is 11.3. The Balaban J connectivity index is 1.77. The highest BCUT2D eigenvalue weighted by Gasteiger charge is 2.08. The van der Waals surface area contributed by atoms with Gasteiger partial charge in [-0.25, -0.2) is 4.79 Å². The molecule has 0 saturated heterocycles. The van der Waals surface area contributed by atoms with E-state index in [9.17, 15) is 10.1 Å². The molecule has 2 aromatic rings. The third kappa shape index (κ3) is 9.58. The van der Waals surface area contributed by atoms with Gasteiger partial charge in [-0.15, -0.1) is 0 Å². The van der Waals surface area contributed by atoms with Crippen molar-refractivity contribution in [2.45, 2.75) is 45.4 Å².